The van der Waals surface area contributed by atoms with Crippen molar-refractivity contribution in [2.45, 2.75) is 45.9 Å². The monoisotopic (exact) mass is 1060 g/mol. The number of hydrogen-bond acceptors (Lipinski definition) is 2. The number of fused-ring (bicyclic) bond motifs is 4. The number of aromatic nitrogens is 4. The van der Waals surface area contributed by atoms with Crippen LogP contribution < -0.4 is 9.30 Å². The van der Waals surface area contributed by atoms with Gasteiger partial charge in [0.25, 0.3) is 6.33 Å². The van der Waals surface area contributed by atoms with Gasteiger partial charge < -0.3 is 13.9 Å². The molecule has 6 heteroatoms. The van der Waals surface area contributed by atoms with Crippen LogP contribution in [0.4, 0.5) is 0 Å². The Kier molecular flexibility index (Phi) is 8.60. The number of nitrogens with zero attached hydrogens (tertiary/aromatic N) is 4. The molecule has 0 bridgehead atoms. The van der Waals surface area contributed by atoms with Gasteiger partial charge in [-0.25, -0.2) is 4.98 Å². The summed E-state index contributed by atoms with van der Waals surface area (Å²) in [5, 5.41) is 1.94. The predicted molar refractivity (Wildman–Crippen MR) is 269 cm³/mol. The van der Waals surface area contributed by atoms with E-state index in [4.69, 9.17) is 23.4 Å². The number of para-hydroxylation sites is 3. The Balaban J connectivity index is 0.00000688. The molecule has 0 aliphatic carbocycles. The van der Waals surface area contributed by atoms with Crippen LogP contribution in [0.15, 0.2) is 194 Å². The largest absolute Gasteiger partial charge is 0.510 e. The standard InChI is InChI=1S/C61H48N4O.Pt/c1-41(2)52-38-59(62-39-54(52)44-23-13-8-14-24-44)65-55-34-31-45(61(3,4)5)35-53(55)51-33-32-48(37-58(51)65)66-47-26-17-25-46(36-47)63-40-64(57-30-16-15-29-56(57)63)60-49(42-19-9-6-10-20-42)27-18-28-50(60)43-21-11-7-12-22-43;/h6-35,38-39,41H,1-5H3;/q-2;/i6D,7D,9D,10D,11D,12D,19D,20D,21D,22D,41D;. The van der Waals surface area contributed by atoms with E-state index in [1.807, 2.05) is 86.8 Å². The van der Waals surface area contributed by atoms with Crippen LogP contribution in [-0.2, 0) is 26.5 Å². The van der Waals surface area contributed by atoms with Crippen molar-refractivity contribution in [3.63, 3.8) is 0 Å². The first-order chi connectivity index (χ1) is 36.6. The average molecular weight is 1060 g/mol. The van der Waals surface area contributed by atoms with Gasteiger partial charge in [0, 0.05) is 51.2 Å². The molecule has 330 valence electrons. The molecule has 0 radical (unpaired) electrons. The Bertz CT molecular complexity index is 4090. The number of imidazole rings is 1. The maximum absolute atomic E-state index is 9.26. The zero-order chi connectivity index (χ0) is 54.6. The van der Waals surface area contributed by atoms with Crippen molar-refractivity contribution >= 4 is 32.8 Å². The van der Waals surface area contributed by atoms with Crippen LogP contribution in [0.5, 0.6) is 11.5 Å². The van der Waals surface area contributed by atoms with Gasteiger partial charge in [-0.1, -0.05) is 185 Å². The second-order valence-corrected chi connectivity index (χ2v) is 17.3. The van der Waals surface area contributed by atoms with Gasteiger partial charge in [-0.15, -0.1) is 29.7 Å². The topological polar surface area (TPSA) is 35.9 Å². The van der Waals surface area contributed by atoms with Gasteiger partial charge in [-0.2, -0.15) is 18.2 Å². The second kappa shape index (κ2) is 17.8. The third-order valence-corrected chi connectivity index (χ3v) is 11.8. The maximum atomic E-state index is 9.26. The van der Waals surface area contributed by atoms with E-state index < -0.39 is 66.3 Å². The number of hydrogen-bond donors (Lipinski definition) is 0. The minimum atomic E-state index is -0.970. The Morgan fingerprint density at radius 2 is 1.31 bits per heavy atom. The van der Waals surface area contributed by atoms with Crippen LogP contribution in [0.25, 0.3) is 83.4 Å². The van der Waals surface area contributed by atoms with Gasteiger partial charge in [-0.05, 0) is 73.5 Å². The van der Waals surface area contributed by atoms with Crippen molar-refractivity contribution in [1.29, 1.82) is 0 Å². The summed E-state index contributed by atoms with van der Waals surface area (Å²) in [6.45, 7) is 10.3. The fourth-order valence-electron chi connectivity index (χ4n) is 8.62. The van der Waals surface area contributed by atoms with E-state index in [2.05, 4.69) is 62.0 Å². The normalized spacial score (nSPS) is 14.1. The van der Waals surface area contributed by atoms with E-state index in [-0.39, 0.29) is 54.4 Å². The van der Waals surface area contributed by atoms with E-state index in [9.17, 15) is 1.37 Å². The molecule has 0 aliphatic rings. The Morgan fingerprint density at radius 3 is 2.01 bits per heavy atom. The van der Waals surface area contributed by atoms with Crippen molar-refractivity contribution in [1.82, 2.24) is 14.1 Å². The van der Waals surface area contributed by atoms with Gasteiger partial charge in [0.1, 0.15) is 5.82 Å². The first kappa shape index (κ1) is 32.4. The molecule has 0 amide bonds. The van der Waals surface area contributed by atoms with Crippen LogP contribution in [0.3, 0.4) is 0 Å². The van der Waals surface area contributed by atoms with Gasteiger partial charge in [0.15, 0.2) is 0 Å². The summed E-state index contributed by atoms with van der Waals surface area (Å²) in [6, 6.07) is 41.3. The molecule has 0 saturated carbocycles. The zero-order valence-electron chi connectivity index (χ0n) is 48.2. The number of ether oxygens (including phenoxy) is 1. The first-order valence-electron chi connectivity index (χ1n) is 27.1. The quantitative estimate of drug-likeness (QED) is 0.107. The van der Waals surface area contributed by atoms with E-state index in [0.29, 0.717) is 39.6 Å². The van der Waals surface area contributed by atoms with Crippen LogP contribution in [0.1, 0.15) is 66.7 Å². The van der Waals surface area contributed by atoms with Gasteiger partial charge in [0.2, 0.25) is 0 Å². The van der Waals surface area contributed by atoms with Crippen molar-refractivity contribution < 1.29 is 45.4 Å². The van der Waals surface area contributed by atoms with E-state index in [1.165, 1.54) is 0 Å². The van der Waals surface area contributed by atoms with Gasteiger partial charge in [0.05, 0.1) is 30.4 Å². The molecule has 5 nitrogen and oxygen atoms in total. The zero-order valence-corrected chi connectivity index (χ0v) is 39.5. The Morgan fingerprint density at radius 1 is 0.642 bits per heavy atom. The SMILES string of the molecule is [2H]c1c([2H])c([2H])c(-c2cccc(-c3c([2H])c([2H])c([2H])c([2H])c3[2H])c2-[n+]2[c-]n(-c3[c-]c(Oc4[c-]c5c(cc4)c4cc(C(C)(C)C)ccc4n5-c4cc(C([2H])(C)C)c(-c5ccccc5)cn4)ccc3)c3ccccc32)c([2H])c1[2H].[Pt]. The molecule has 0 spiro atoms. The number of rotatable bonds is 9. The number of pyridine rings is 1. The molecule has 0 fully saturated rings. The second-order valence-electron chi connectivity index (χ2n) is 17.3. The van der Waals surface area contributed by atoms with E-state index in [1.54, 1.807) is 51.6 Å². The fourth-order valence-corrected chi connectivity index (χ4v) is 8.62. The average Bonchev–Trinajstić information content (AvgIpc) is 4.09. The summed E-state index contributed by atoms with van der Waals surface area (Å²) in [7, 11) is 0. The Hall–Kier alpha value is -7.33. The number of benzene rings is 8. The molecule has 11 aromatic rings. The van der Waals surface area contributed by atoms with Crippen LogP contribution in [0, 0.1) is 18.5 Å². The fraction of sp³-hybridized carbons (Fsp3) is 0.115. The van der Waals surface area contributed by atoms with Gasteiger partial charge in [-0.3, -0.25) is 4.57 Å². The first-order valence-corrected chi connectivity index (χ1v) is 21.6. The maximum Gasteiger partial charge on any atom is 0.268 e. The molecule has 3 heterocycles. The molecular formula is C61H48N4OPt-2. The van der Waals surface area contributed by atoms with Crippen LogP contribution in [-0.4, -0.2) is 14.1 Å². The van der Waals surface area contributed by atoms with Crippen LogP contribution >= 0.6 is 0 Å². The summed E-state index contributed by atoms with van der Waals surface area (Å²) >= 11 is 0. The molecule has 0 N–H and O–H groups in total. The summed E-state index contributed by atoms with van der Waals surface area (Å²) in [5.41, 5.74) is 7.03. The third-order valence-electron chi connectivity index (χ3n) is 11.8. The summed E-state index contributed by atoms with van der Waals surface area (Å²) in [5.74, 6) is 0.371. The van der Waals surface area contributed by atoms with Crippen molar-refractivity contribution in [3.8, 4) is 62.1 Å². The molecule has 0 unspecified atom stereocenters. The smallest absolute Gasteiger partial charge is 0.268 e. The van der Waals surface area contributed by atoms with Crippen LogP contribution in [0.2, 0.25) is 0 Å². The molecule has 67 heavy (non-hydrogen) atoms. The third kappa shape index (κ3) is 8.08. The summed E-state index contributed by atoms with van der Waals surface area (Å²) in [4.78, 5) is 5.05. The summed E-state index contributed by atoms with van der Waals surface area (Å²) in [6.07, 6.45) is 5.25. The molecular weight excluding hydrogens is 1000 g/mol. The predicted octanol–water partition coefficient (Wildman–Crippen LogP) is 15.0. The van der Waals surface area contributed by atoms with Crippen molar-refractivity contribution in [3.05, 3.63) is 224 Å². The minimum absolute atomic E-state index is 0. The molecule has 8 aromatic carbocycles. The van der Waals surface area contributed by atoms with Crippen molar-refractivity contribution in [2.75, 3.05) is 0 Å². The molecule has 11 rings (SSSR count). The molecule has 0 saturated heterocycles. The van der Waals surface area contributed by atoms with Crippen molar-refractivity contribution in [2.24, 2.45) is 0 Å². The molecule has 3 aromatic heterocycles. The van der Waals surface area contributed by atoms with E-state index >= 15 is 0 Å². The Labute approximate surface area is 422 Å². The molecule has 0 atom stereocenters. The molecule has 0 aliphatic heterocycles. The summed E-state index contributed by atoms with van der Waals surface area (Å²) < 4.78 is 109. The van der Waals surface area contributed by atoms with Gasteiger partial charge >= 0.3 is 0 Å². The minimum Gasteiger partial charge on any atom is -0.510 e. The van der Waals surface area contributed by atoms with E-state index in [0.717, 1.165) is 38.5 Å².